The van der Waals surface area contributed by atoms with Crippen LogP contribution in [0.2, 0.25) is 5.02 Å². The lowest BCUT2D eigenvalue weighted by Gasteiger charge is -2.49. The number of ether oxygens (including phenoxy) is 2. The normalized spacial score (nSPS) is 25.5. The number of unbranched alkanes of at least 4 members (excludes halogenated alkanes) is 2. The van der Waals surface area contributed by atoms with E-state index in [-0.39, 0.29) is 54.9 Å². The number of carboxylic acids is 1. The standard InChI is InChI=1S/C42H43ClN4O9S/c1-20-25-17-22(43)10-13-31(25)57-37(20)28-19-32(45(3)44-28)47-39(52)27-18-26-23(11-12-24-34(26)40(53)46(38(24)51)14-8-6-7-9-33(48)49)35(42(27,2)41(47)54)21-15-29(55-4)36(50)30(16-21)56-5/h10-11,13,15-17,19,24,26-27,34-35,50H,6-9,12,14,18H2,1-5H3,(H,48,49). The van der Waals surface area contributed by atoms with Gasteiger partial charge in [0.05, 0.1) is 42.3 Å². The number of thiophene rings is 1. The molecule has 2 N–H and O–H groups in total. The fourth-order valence-corrected chi connectivity index (χ4v) is 11.2. The predicted molar refractivity (Wildman–Crippen MR) is 212 cm³/mol. The molecule has 4 aliphatic rings. The zero-order valence-electron chi connectivity index (χ0n) is 32.2. The molecule has 0 radical (unpaired) electrons. The molecule has 4 aromatic rings. The summed E-state index contributed by atoms with van der Waals surface area (Å²) < 4.78 is 13.7. The van der Waals surface area contributed by atoms with Gasteiger partial charge in [0.25, 0.3) is 0 Å². The molecule has 0 bridgehead atoms. The van der Waals surface area contributed by atoms with Crippen LogP contribution in [0, 0.1) is 36.0 Å². The Kier molecular flexibility index (Phi) is 9.71. The minimum absolute atomic E-state index is 0.0147. The number of hydrogen-bond acceptors (Lipinski definition) is 10. The maximum absolute atomic E-state index is 15.2. The molecule has 2 aliphatic carbocycles. The number of carboxylic acid groups (broad SMARTS) is 1. The minimum Gasteiger partial charge on any atom is -0.502 e. The van der Waals surface area contributed by atoms with Crippen molar-refractivity contribution in [2.75, 3.05) is 25.7 Å². The third-order valence-corrected chi connectivity index (χ3v) is 14.2. The van der Waals surface area contributed by atoms with Crippen molar-refractivity contribution in [2.45, 2.75) is 58.3 Å². The zero-order chi connectivity index (χ0) is 40.7. The summed E-state index contributed by atoms with van der Waals surface area (Å²) in [6.45, 7) is 3.97. The number of phenols is 1. The SMILES string of the molecule is COc1cc(C2C3=CCC4C(=O)N(CCCCCC(=O)O)C(=O)C4C3CC3C(=O)N(c4cc(-c5sc6ccc(Cl)cc6c5C)nn4C)C(=O)C32C)cc(OC)c1O. The van der Waals surface area contributed by atoms with Gasteiger partial charge in [0.2, 0.25) is 29.4 Å². The fraction of sp³-hybridized carbons (Fsp3) is 0.429. The van der Waals surface area contributed by atoms with E-state index in [2.05, 4.69) is 0 Å². The lowest BCUT2D eigenvalue weighted by Crippen LogP contribution is -2.49. The zero-order valence-corrected chi connectivity index (χ0v) is 33.8. The molecule has 6 unspecified atom stereocenters. The van der Waals surface area contributed by atoms with Crippen LogP contribution >= 0.6 is 22.9 Å². The lowest BCUT2D eigenvalue weighted by molar-refractivity contribution is -0.141. The van der Waals surface area contributed by atoms with Crippen LogP contribution in [-0.2, 0) is 31.0 Å². The van der Waals surface area contributed by atoms with E-state index in [1.54, 1.807) is 48.2 Å². The van der Waals surface area contributed by atoms with Crippen LogP contribution in [-0.4, -0.2) is 75.3 Å². The van der Waals surface area contributed by atoms with Gasteiger partial charge in [0.1, 0.15) is 11.5 Å². The first-order chi connectivity index (χ1) is 27.2. The smallest absolute Gasteiger partial charge is 0.303 e. The number of rotatable bonds is 11. The van der Waals surface area contributed by atoms with Gasteiger partial charge in [0, 0.05) is 41.7 Å². The number of carbonyl (C=O) groups is 5. The number of benzene rings is 2. The Labute approximate surface area is 337 Å². The maximum Gasteiger partial charge on any atom is 0.303 e. The molecule has 0 spiro atoms. The van der Waals surface area contributed by atoms with E-state index in [4.69, 9.17) is 31.3 Å². The molecule has 1 saturated carbocycles. The van der Waals surface area contributed by atoms with Gasteiger partial charge in [-0.15, -0.1) is 11.3 Å². The second kappa shape index (κ2) is 14.3. The van der Waals surface area contributed by atoms with Crippen LogP contribution in [0.25, 0.3) is 20.7 Å². The number of amides is 4. The van der Waals surface area contributed by atoms with E-state index in [0.29, 0.717) is 41.4 Å². The minimum atomic E-state index is -1.36. The molecule has 4 heterocycles. The largest absolute Gasteiger partial charge is 0.502 e. The topological polar surface area (TPSA) is 169 Å². The molecule has 13 nitrogen and oxygen atoms in total. The molecule has 2 aromatic carbocycles. The summed E-state index contributed by atoms with van der Waals surface area (Å²) in [6, 6.07) is 10.7. The molecule has 2 aromatic heterocycles. The first-order valence-corrected chi connectivity index (χ1v) is 20.2. The Morgan fingerprint density at radius 1 is 1.00 bits per heavy atom. The third kappa shape index (κ3) is 5.93. The van der Waals surface area contributed by atoms with Crippen LogP contribution in [0.3, 0.4) is 0 Å². The van der Waals surface area contributed by atoms with Crippen molar-refractivity contribution < 1.29 is 43.7 Å². The number of aromatic hydroxyl groups is 1. The molecule has 2 saturated heterocycles. The number of anilines is 1. The number of aryl methyl sites for hydroxylation is 2. The van der Waals surface area contributed by atoms with Gasteiger partial charge in [-0.3, -0.25) is 33.6 Å². The number of halogens is 1. The van der Waals surface area contributed by atoms with Crippen molar-refractivity contribution in [2.24, 2.45) is 36.1 Å². The highest BCUT2D eigenvalue weighted by molar-refractivity contribution is 7.22. The van der Waals surface area contributed by atoms with Crippen LogP contribution in [0.5, 0.6) is 17.2 Å². The Morgan fingerprint density at radius 2 is 1.72 bits per heavy atom. The molecular formula is C42H43ClN4O9S. The molecule has 15 heteroatoms. The van der Waals surface area contributed by atoms with Gasteiger partial charge in [0.15, 0.2) is 11.5 Å². The molecule has 57 heavy (non-hydrogen) atoms. The number of methoxy groups -OCH3 is 2. The van der Waals surface area contributed by atoms with Gasteiger partial charge in [-0.1, -0.05) is 29.7 Å². The van der Waals surface area contributed by atoms with E-state index in [0.717, 1.165) is 26.1 Å². The van der Waals surface area contributed by atoms with Crippen molar-refractivity contribution in [3.63, 3.8) is 0 Å². The first kappa shape index (κ1) is 38.7. The molecule has 3 fully saturated rings. The summed E-state index contributed by atoms with van der Waals surface area (Å²) in [5.74, 6) is -5.57. The molecule has 8 rings (SSSR count). The number of likely N-dealkylation sites (tertiary alicyclic amines) is 1. The highest BCUT2D eigenvalue weighted by atomic mass is 35.5. The summed E-state index contributed by atoms with van der Waals surface area (Å²) in [6.07, 6.45) is 3.89. The molecular weight excluding hydrogens is 772 g/mol. The number of phenolic OH excluding ortho intramolecular Hbond substituents is 1. The van der Waals surface area contributed by atoms with Gasteiger partial charge < -0.3 is 19.7 Å². The Balaban J connectivity index is 1.20. The van der Waals surface area contributed by atoms with Crippen LogP contribution in [0.4, 0.5) is 5.82 Å². The van der Waals surface area contributed by atoms with Crippen molar-refractivity contribution in [3.8, 4) is 27.8 Å². The van der Waals surface area contributed by atoms with Gasteiger partial charge in [-0.2, -0.15) is 5.10 Å². The highest BCUT2D eigenvalue weighted by Gasteiger charge is 2.68. The van der Waals surface area contributed by atoms with E-state index < -0.39 is 52.8 Å². The van der Waals surface area contributed by atoms with Crippen molar-refractivity contribution in [3.05, 3.63) is 64.2 Å². The van der Waals surface area contributed by atoms with E-state index >= 15 is 4.79 Å². The van der Waals surface area contributed by atoms with Crippen molar-refractivity contribution >= 4 is 68.4 Å². The first-order valence-electron chi connectivity index (χ1n) is 19.0. The van der Waals surface area contributed by atoms with E-state index in [9.17, 15) is 24.3 Å². The molecule has 2 aliphatic heterocycles. The second-order valence-electron chi connectivity index (χ2n) is 15.7. The van der Waals surface area contributed by atoms with Crippen molar-refractivity contribution in [1.29, 1.82) is 0 Å². The van der Waals surface area contributed by atoms with Crippen molar-refractivity contribution in [1.82, 2.24) is 14.7 Å². The van der Waals surface area contributed by atoms with Gasteiger partial charge >= 0.3 is 5.97 Å². The Bertz CT molecular complexity index is 2390. The summed E-state index contributed by atoms with van der Waals surface area (Å²) in [5, 5.41) is 26.3. The number of hydrogen-bond donors (Lipinski definition) is 2. The number of allylic oxidation sites excluding steroid dienone is 2. The third-order valence-electron chi connectivity index (χ3n) is 12.7. The molecule has 298 valence electrons. The summed E-state index contributed by atoms with van der Waals surface area (Å²) in [4.78, 5) is 72.7. The monoisotopic (exact) mass is 814 g/mol. The lowest BCUT2D eigenvalue weighted by atomic mass is 9.51. The number of fused-ring (bicyclic) bond motifs is 5. The number of nitrogens with zero attached hydrogens (tertiary/aromatic N) is 4. The van der Waals surface area contributed by atoms with E-state index in [1.165, 1.54) is 24.0 Å². The van der Waals surface area contributed by atoms with Gasteiger partial charge in [-0.05, 0) is 92.3 Å². The number of carbonyl (C=O) groups excluding carboxylic acids is 4. The molecule has 6 atom stereocenters. The second-order valence-corrected chi connectivity index (χ2v) is 17.2. The number of imide groups is 2. The summed E-state index contributed by atoms with van der Waals surface area (Å²) in [7, 11) is 4.52. The summed E-state index contributed by atoms with van der Waals surface area (Å²) >= 11 is 7.87. The van der Waals surface area contributed by atoms with Crippen LogP contribution in [0.1, 0.15) is 62.5 Å². The van der Waals surface area contributed by atoms with E-state index in [1.807, 2.05) is 31.2 Å². The fourth-order valence-electron chi connectivity index (χ4n) is 9.92. The predicted octanol–water partition coefficient (Wildman–Crippen LogP) is 6.86. The molecule has 4 amide bonds. The quantitative estimate of drug-likeness (QED) is 0.0927. The number of aromatic nitrogens is 2. The number of aliphatic carboxylic acids is 1. The summed E-state index contributed by atoms with van der Waals surface area (Å²) in [5.41, 5.74) is 1.56. The highest BCUT2D eigenvalue weighted by Crippen LogP contribution is 2.64. The van der Waals surface area contributed by atoms with Gasteiger partial charge in [-0.25, -0.2) is 4.90 Å². The maximum atomic E-state index is 15.2. The average Bonchev–Trinajstić information content (AvgIpc) is 3.85. The average molecular weight is 815 g/mol. The van der Waals surface area contributed by atoms with Crippen LogP contribution in [0.15, 0.2) is 48.0 Å². The Morgan fingerprint density at radius 3 is 2.40 bits per heavy atom. The Hall–Kier alpha value is -5.21. The van der Waals surface area contributed by atoms with Crippen LogP contribution < -0.4 is 14.4 Å².